The molecule has 3 aromatic carbocycles. The Balaban J connectivity index is 2.01. The largest absolute Gasteiger partial charge is 0.494 e. The Kier molecular flexibility index (Phi) is 5.07. The van der Waals surface area contributed by atoms with E-state index in [1.54, 1.807) is 0 Å². The topological polar surface area (TPSA) is 26.3 Å². The number of ketones is 1. The molecule has 0 aromatic heterocycles. The third-order valence-corrected chi connectivity index (χ3v) is 3.98. The van der Waals surface area contributed by atoms with E-state index in [0.29, 0.717) is 6.61 Å². The first-order chi connectivity index (χ1) is 11.8. The van der Waals surface area contributed by atoms with E-state index in [0.717, 1.165) is 22.4 Å². The fourth-order valence-electron chi connectivity index (χ4n) is 2.83. The average Bonchev–Trinajstić information content (AvgIpc) is 2.65. The van der Waals surface area contributed by atoms with Gasteiger partial charge in [-0.25, -0.2) is 0 Å². The zero-order valence-electron chi connectivity index (χ0n) is 13.7. The molecule has 2 heteroatoms. The fourth-order valence-corrected chi connectivity index (χ4v) is 2.83. The van der Waals surface area contributed by atoms with Gasteiger partial charge in [0, 0.05) is 5.56 Å². The lowest BCUT2D eigenvalue weighted by Gasteiger charge is -2.17. The van der Waals surface area contributed by atoms with Crippen molar-refractivity contribution in [3.63, 3.8) is 0 Å². The van der Waals surface area contributed by atoms with E-state index in [1.165, 1.54) is 0 Å². The van der Waals surface area contributed by atoms with Crippen LogP contribution in [0.2, 0.25) is 0 Å². The summed E-state index contributed by atoms with van der Waals surface area (Å²) in [5.41, 5.74) is 2.69. The molecule has 0 fully saturated rings. The van der Waals surface area contributed by atoms with Crippen LogP contribution in [0.4, 0.5) is 0 Å². The molecule has 2 nitrogen and oxygen atoms in total. The zero-order valence-corrected chi connectivity index (χ0v) is 13.7. The number of Topliss-reactive ketones (excluding diaryl/α,β-unsaturated/α-hetero) is 1. The molecule has 0 saturated carbocycles. The zero-order chi connectivity index (χ0) is 16.8. The van der Waals surface area contributed by atoms with Crippen LogP contribution in [0.15, 0.2) is 84.9 Å². The molecule has 0 N–H and O–H groups in total. The Hall–Kier alpha value is -2.87. The van der Waals surface area contributed by atoms with Crippen molar-refractivity contribution in [3.8, 4) is 5.75 Å². The Bertz CT molecular complexity index is 777. The monoisotopic (exact) mass is 316 g/mol. The van der Waals surface area contributed by atoms with E-state index >= 15 is 0 Å². The number of carbonyl (C=O) groups excluding carboxylic acids is 1. The van der Waals surface area contributed by atoms with E-state index in [-0.39, 0.29) is 11.7 Å². The van der Waals surface area contributed by atoms with Crippen LogP contribution in [-0.4, -0.2) is 12.4 Å². The standard InChI is InChI=1S/C22H20O2/c1-2-24-20-15-13-18(14-16-20)21(17-9-5-3-6-10-17)22(23)19-11-7-4-8-12-19/h3-16,21H,2H2,1H3. The molecule has 0 radical (unpaired) electrons. The number of benzene rings is 3. The van der Waals surface area contributed by atoms with E-state index in [1.807, 2.05) is 91.9 Å². The van der Waals surface area contributed by atoms with E-state index in [2.05, 4.69) is 0 Å². The summed E-state index contributed by atoms with van der Waals surface area (Å²) in [4.78, 5) is 13.1. The maximum absolute atomic E-state index is 13.1. The molecule has 0 heterocycles. The molecule has 0 aliphatic carbocycles. The number of ether oxygens (including phenoxy) is 1. The van der Waals surface area contributed by atoms with Crippen molar-refractivity contribution >= 4 is 5.78 Å². The first-order valence-corrected chi connectivity index (χ1v) is 8.16. The molecule has 24 heavy (non-hydrogen) atoms. The van der Waals surface area contributed by atoms with Crippen LogP contribution in [0.1, 0.15) is 34.3 Å². The maximum Gasteiger partial charge on any atom is 0.174 e. The summed E-state index contributed by atoms with van der Waals surface area (Å²) < 4.78 is 5.51. The molecule has 0 aliphatic heterocycles. The van der Waals surface area contributed by atoms with Crippen molar-refractivity contribution in [1.29, 1.82) is 0 Å². The smallest absolute Gasteiger partial charge is 0.174 e. The van der Waals surface area contributed by atoms with Crippen molar-refractivity contribution in [3.05, 3.63) is 102 Å². The van der Waals surface area contributed by atoms with Crippen LogP contribution in [0, 0.1) is 0 Å². The predicted octanol–water partition coefficient (Wildman–Crippen LogP) is 5.10. The Morgan fingerprint density at radius 1 is 0.792 bits per heavy atom. The lowest BCUT2D eigenvalue weighted by Crippen LogP contribution is -2.14. The molecule has 3 rings (SSSR count). The quantitative estimate of drug-likeness (QED) is 0.591. The van der Waals surface area contributed by atoms with Crippen molar-refractivity contribution in [1.82, 2.24) is 0 Å². The van der Waals surface area contributed by atoms with Gasteiger partial charge in [0.1, 0.15) is 5.75 Å². The second-order valence-electron chi connectivity index (χ2n) is 5.58. The van der Waals surface area contributed by atoms with Gasteiger partial charge in [0.2, 0.25) is 0 Å². The number of hydrogen-bond donors (Lipinski definition) is 0. The van der Waals surface area contributed by atoms with Gasteiger partial charge in [-0.3, -0.25) is 4.79 Å². The van der Waals surface area contributed by atoms with Gasteiger partial charge in [0.25, 0.3) is 0 Å². The van der Waals surface area contributed by atoms with Crippen LogP contribution < -0.4 is 4.74 Å². The molecular formula is C22H20O2. The van der Waals surface area contributed by atoms with Crippen LogP contribution in [0.5, 0.6) is 5.75 Å². The van der Waals surface area contributed by atoms with Crippen LogP contribution in [0.3, 0.4) is 0 Å². The maximum atomic E-state index is 13.1. The second-order valence-corrected chi connectivity index (χ2v) is 5.58. The van der Waals surface area contributed by atoms with Gasteiger partial charge in [-0.15, -0.1) is 0 Å². The van der Waals surface area contributed by atoms with Gasteiger partial charge in [-0.2, -0.15) is 0 Å². The summed E-state index contributed by atoms with van der Waals surface area (Å²) in [5.74, 6) is 0.607. The minimum Gasteiger partial charge on any atom is -0.494 e. The molecular weight excluding hydrogens is 296 g/mol. The molecule has 0 amide bonds. The third kappa shape index (κ3) is 3.54. The summed E-state index contributed by atoms with van der Waals surface area (Å²) in [6, 6.07) is 27.2. The van der Waals surface area contributed by atoms with Crippen molar-refractivity contribution < 1.29 is 9.53 Å². The molecule has 0 aliphatic rings. The molecule has 0 bridgehead atoms. The highest BCUT2D eigenvalue weighted by atomic mass is 16.5. The van der Waals surface area contributed by atoms with Gasteiger partial charge in [-0.1, -0.05) is 72.8 Å². The summed E-state index contributed by atoms with van der Waals surface area (Å²) in [6.07, 6.45) is 0. The highest BCUT2D eigenvalue weighted by molar-refractivity contribution is 6.03. The molecule has 0 saturated heterocycles. The first kappa shape index (κ1) is 16.0. The van der Waals surface area contributed by atoms with E-state index in [9.17, 15) is 4.79 Å². The van der Waals surface area contributed by atoms with Gasteiger partial charge in [-0.05, 0) is 30.2 Å². The van der Waals surface area contributed by atoms with Crippen LogP contribution in [0.25, 0.3) is 0 Å². The fraction of sp³-hybridized carbons (Fsp3) is 0.136. The van der Waals surface area contributed by atoms with Gasteiger partial charge in [0.05, 0.1) is 12.5 Å². The van der Waals surface area contributed by atoms with Gasteiger partial charge in [0.15, 0.2) is 5.78 Å². The van der Waals surface area contributed by atoms with Crippen molar-refractivity contribution in [2.75, 3.05) is 6.61 Å². The summed E-state index contributed by atoms with van der Waals surface area (Å²) in [7, 11) is 0. The van der Waals surface area contributed by atoms with Crippen LogP contribution >= 0.6 is 0 Å². The Morgan fingerprint density at radius 2 is 1.33 bits per heavy atom. The van der Waals surface area contributed by atoms with E-state index < -0.39 is 0 Å². The number of carbonyl (C=O) groups is 1. The normalized spacial score (nSPS) is 11.7. The SMILES string of the molecule is CCOc1ccc(C(C(=O)c2ccccc2)c2ccccc2)cc1. The molecule has 1 unspecified atom stereocenters. The summed E-state index contributed by atoms with van der Waals surface area (Å²) in [5, 5.41) is 0. The molecule has 1 atom stereocenters. The molecule has 120 valence electrons. The van der Waals surface area contributed by atoms with Crippen molar-refractivity contribution in [2.24, 2.45) is 0 Å². The predicted molar refractivity (Wildman–Crippen MR) is 96.7 cm³/mol. The van der Waals surface area contributed by atoms with Gasteiger partial charge < -0.3 is 4.74 Å². The average molecular weight is 316 g/mol. The minimum absolute atomic E-state index is 0.103. The van der Waals surface area contributed by atoms with Gasteiger partial charge >= 0.3 is 0 Å². The molecule has 3 aromatic rings. The number of hydrogen-bond acceptors (Lipinski definition) is 2. The highest BCUT2D eigenvalue weighted by Crippen LogP contribution is 2.29. The van der Waals surface area contributed by atoms with E-state index in [4.69, 9.17) is 4.74 Å². The Labute approximate surface area is 142 Å². The van der Waals surface area contributed by atoms with Crippen LogP contribution in [-0.2, 0) is 0 Å². The summed E-state index contributed by atoms with van der Waals surface area (Å²) in [6.45, 7) is 2.59. The van der Waals surface area contributed by atoms with Crippen molar-refractivity contribution in [2.45, 2.75) is 12.8 Å². The summed E-state index contributed by atoms with van der Waals surface area (Å²) >= 11 is 0. The minimum atomic E-state index is -0.315. The lowest BCUT2D eigenvalue weighted by atomic mass is 9.85. The Morgan fingerprint density at radius 3 is 1.92 bits per heavy atom. The lowest BCUT2D eigenvalue weighted by molar-refractivity contribution is 0.0974. The number of rotatable bonds is 6. The third-order valence-electron chi connectivity index (χ3n) is 3.98. The highest BCUT2D eigenvalue weighted by Gasteiger charge is 2.23. The second kappa shape index (κ2) is 7.60. The first-order valence-electron chi connectivity index (χ1n) is 8.16. The molecule has 0 spiro atoms.